The lowest BCUT2D eigenvalue weighted by Gasteiger charge is -2.07. The van der Waals surface area contributed by atoms with Crippen molar-refractivity contribution >= 4 is 22.9 Å². The van der Waals surface area contributed by atoms with Crippen LogP contribution in [0.15, 0.2) is 54.9 Å². The number of H-pyrrole nitrogens is 1. The molecule has 25 heavy (non-hydrogen) atoms. The molecule has 1 amide bonds. The zero-order chi connectivity index (χ0) is 17.5. The van der Waals surface area contributed by atoms with Crippen LogP contribution in [-0.4, -0.2) is 31.5 Å². The number of amides is 1. The number of aromatic nitrogens is 5. The highest BCUT2D eigenvalue weighted by molar-refractivity contribution is 6.03. The van der Waals surface area contributed by atoms with Crippen LogP contribution < -0.4 is 10.6 Å². The molecule has 9 heteroatoms. The number of anilines is 2. The van der Waals surface area contributed by atoms with Crippen LogP contribution in [0.5, 0.6) is 0 Å². The Kier molecular flexibility index (Phi) is 4.73. The Hall–Kier alpha value is -4.06. The van der Waals surface area contributed by atoms with Crippen LogP contribution in [0.3, 0.4) is 0 Å². The molecule has 0 aliphatic heterocycles. The quantitative estimate of drug-likeness (QED) is 0.607. The van der Waals surface area contributed by atoms with Crippen molar-refractivity contribution in [1.29, 1.82) is 5.26 Å². The van der Waals surface area contributed by atoms with Crippen molar-refractivity contribution in [2.45, 2.75) is 0 Å². The van der Waals surface area contributed by atoms with E-state index in [0.29, 0.717) is 17.1 Å². The number of benzene rings is 1. The number of allylic oxidation sites excluding steroid dienone is 1. The minimum atomic E-state index is -0.308. The van der Waals surface area contributed by atoms with Gasteiger partial charge in [0.05, 0.1) is 0 Å². The lowest BCUT2D eigenvalue weighted by atomic mass is 10.2. The van der Waals surface area contributed by atoms with Crippen molar-refractivity contribution < 1.29 is 4.79 Å². The molecule has 0 saturated carbocycles. The molecular weight excluding hydrogens is 320 g/mol. The number of nitrogens with zero attached hydrogens (tertiary/aromatic N) is 5. The molecular formula is C16H12N8O. The summed E-state index contributed by atoms with van der Waals surface area (Å²) in [6, 6.07) is 14.1. The van der Waals surface area contributed by atoms with Gasteiger partial charge >= 0.3 is 0 Å². The van der Waals surface area contributed by atoms with E-state index in [-0.39, 0.29) is 17.3 Å². The predicted octanol–water partition coefficient (Wildman–Crippen LogP) is 1.82. The summed E-state index contributed by atoms with van der Waals surface area (Å²) in [6.07, 6.45) is 3.02. The molecule has 2 heterocycles. The Bertz CT molecular complexity index is 928. The maximum absolute atomic E-state index is 12.1. The molecule has 3 aromatic rings. The first-order valence-corrected chi connectivity index (χ1v) is 7.19. The first kappa shape index (κ1) is 15.8. The van der Waals surface area contributed by atoms with Gasteiger partial charge in [0, 0.05) is 23.8 Å². The van der Waals surface area contributed by atoms with Gasteiger partial charge in [0.2, 0.25) is 5.82 Å². The first-order chi connectivity index (χ1) is 12.3. The van der Waals surface area contributed by atoms with Crippen LogP contribution in [0.2, 0.25) is 0 Å². The Morgan fingerprint density at radius 1 is 1.20 bits per heavy atom. The molecule has 0 aliphatic carbocycles. The number of tetrazole rings is 1. The molecule has 0 spiro atoms. The highest BCUT2D eigenvalue weighted by Gasteiger charge is 2.08. The number of nitriles is 1. The topological polar surface area (TPSA) is 132 Å². The maximum atomic E-state index is 12.1. The molecule has 0 atom stereocenters. The fourth-order valence-electron chi connectivity index (χ4n) is 1.96. The van der Waals surface area contributed by atoms with Gasteiger partial charge in [0.15, 0.2) is 0 Å². The molecule has 0 radical (unpaired) electrons. The van der Waals surface area contributed by atoms with Crippen LogP contribution in [0.1, 0.15) is 16.3 Å². The van der Waals surface area contributed by atoms with E-state index in [9.17, 15) is 4.79 Å². The fraction of sp³-hybridized carbons (Fsp3) is 0. The third-order valence-corrected chi connectivity index (χ3v) is 3.11. The molecule has 0 unspecified atom stereocenters. The van der Waals surface area contributed by atoms with Gasteiger partial charge in [0.25, 0.3) is 5.91 Å². The summed E-state index contributed by atoms with van der Waals surface area (Å²) in [5.41, 5.74) is 1.81. The van der Waals surface area contributed by atoms with E-state index in [0.717, 1.165) is 0 Å². The number of carbonyl (C=O) groups is 1. The van der Waals surface area contributed by atoms with Crippen molar-refractivity contribution in [1.82, 2.24) is 25.6 Å². The van der Waals surface area contributed by atoms with Crippen molar-refractivity contribution in [2.24, 2.45) is 0 Å². The predicted molar refractivity (Wildman–Crippen MR) is 90.0 cm³/mol. The summed E-state index contributed by atoms with van der Waals surface area (Å²) in [5, 5.41) is 28.1. The van der Waals surface area contributed by atoms with Gasteiger partial charge in [-0.1, -0.05) is 12.1 Å². The second kappa shape index (κ2) is 7.47. The first-order valence-electron chi connectivity index (χ1n) is 7.19. The summed E-state index contributed by atoms with van der Waals surface area (Å²) < 4.78 is 0. The van der Waals surface area contributed by atoms with Gasteiger partial charge in [-0.05, 0) is 35.5 Å². The number of nitrogens with one attached hydrogen (secondary N) is 3. The van der Waals surface area contributed by atoms with E-state index >= 15 is 0 Å². The van der Waals surface area contributed by atoms with Gasteiger partial charge in [-0.3, -0.25) is 9.78 Å². The zero-order valence-corrected chi connectivity index (χ0v) is 12.8. The Morgan fingerprint density at radius 3 is 2.80 bits per heavy atom. The molecule has 122 valence electrons. The second-order valence-electron chi connectivity index (χ2n) is 4.80. The van der Waals surface area contributed by atoms with E-state index in [2.05, 4.69) is 36.2 Å². The lowest BCUT2D eigenvalue weighted by Crippen LogP contribution is -2.13. The maximum Gasteiger partial charge on any atom is 0.274 e. The highest BCUT2D eigenvalue weighted by atomic mass is 16.1. The molecule has 3 rings (SSSR count). The smallest absolute Gasteiger partial charge is 0.274 e. The van der Waals surface area contributed by atoms with Crippen molar-refractivity contribution in [3.63, 3.8) is 0 Å². The fourth-order valence-corrected chi connectivity index (χ4v) is 1.96. The SMILES string of the molecule is N#CC(=CNc1cccc(NC(=O)c2ccccn2)c1)c1nn[nH]n1. The zero-order valence-electron chi connectivity index (χ0n) is 12.8. The normalized spacial score (nSPS) is 10.8. The lowest BCUT2D eigenvalue weighted by molar-refractivity contribution is 0.102. The Labute approximate surface area is 142 Å². The summed E-state index contributed by atoms with van der Waals surface area (Å²) >= 11 is 0. The Balaban J connectivity index is 1.72. The third-order valence-electron chi connectivity index (χ3n) is 3.11. The van der Waals surface area contributed by atoms with Crippen LogP contribution in [0.4, 0.5) is 11.4 Å². The second-order valence-corrected chi connectivity index (χ2v) is 4.80. The van der Waals surface area contributed by atoms with Crippen LogP contribution in [-0.2, 0) is 0 Å². The number of pyridine rings is 1. The minimum absolute atomic E-state index is 0.189. The van der Waals surface area contributed by atoms with E-state index < -0.39 is 0 Å². The molecule has 0 aliphatic rings. The average Bonchev–Trinajstić information content (AvgIpc) is 3.18. The molecule has 3 N–H and O–H groups in total. The molecule has 0 fully saturated rings. The van der Waals surface area contributed by atoms with Crippen molar-refractivity contribution in [3.8, 4) is 6.07 Å². The van der Waals surface area contributed by atoms with E-state index in [1.807, 2.05) is 6.07 Å². The van der Waals surface area contributed by atoms with Gasteiger partial charge in [0.1, 0.15) is 17.3 Å². The number of hydrogen-bond acceptors (Lipinski definition) is 7. The molecule has 0 saturated heterocycles. The van der Waals surface area contributed by atoms with E-state index in [1.54, 1.807) is 48.7 Å². The van der Waals surface area contributed by atoms with Gasteiger partial charge in [-0.2, -0.15) is 10.5 Å². The summed E-state index contributed by atoms with van der Waals surface area (Å²) in [7, 11) is 0. The molecule has 2 aromatic heterocycles. The molecule has 1 aromatic carbocycles. The van der Waals surface area contributed by atoms with Crippen molar-refractivity contribution in [2.75, 3.05) is 10.6 Å². The standard InChI is InChI=1S/C16H12N8O/c17-9-11(15-21-23-24-22-15)10-19-12-4-3-5-13(8-12)20-16(25)14-6-1-2-7-18-14/h1-8,10,19H,(H,20,25)(H,21,22,23,24). The molecule has 9 nitrogen and oxygen atoms in total. The van der Waals surface area contributed by atoms with Gasteiger partial charge < -0.3 is 10.6 Å². The van der Waals surface area contributed by atoms with E-state index in [4.69, 9.17) is 5.26 Å². The monoisotopic (exact) mass is 332 g/mol. The van der Waals surface area contributed by atoms with Gasteiger partial charge in [-0.25, -0.2) is 0 Å². The summed E-state index contributed by atoms with van der Waals surface area (Å²) in [4.78, 5) is 16.1. The Morgan fingerprint density at radius 2 is 2.08 bits per heavy atom. The van der Waals surface area contributed by atoms with E-state index in [1.165, 1.54) is 6.20 Å². The number of aromatic amines is 1. The largest absolute Gasteiger partial charge is 0.360 e. The summed E-state index contributed by atoms with van der Waals surface area (Å²) in [5.74, 6) is -0.118. The minimum Gasteiger partial charge on any atom is -0.360 e. The average molecular weight is 332 g/mol. The van der Waals surface area contributed by atoms with Crippen LogP contribution in [0.25, 0.3) is 5.57 Å². The van der Waals surface area contributed by atoms with Crippen molar-refractivity contribution in [3.05, 3.63) is 66.4 Å². The molecule has 0 bridgehead atoms. The van der Waals surface area contributed by atoms with Crippen LogP contribution >= 0.6 is 0 Å². The van der Waals surface area contributed by atoms with Crippen LogP contribution in [0, 0.1) is 11.3 Å². The summed E-state index contributed by atoms with van der Waals surface area (Å²) in [6.45, 7) is 0. The highest BCUT2D eigenvalue weighted by Crippen LogP contribution is 2.17. The number of hydrogen-bond donors (Lipinski definition) is 3. The van der Waals surface area contributed by atoms with Gasteiger partial charge in [-0.15, -0.1) is 10.2 Å². The number of carbonyl (C=O) groups excluding carboxylic acids is 1. The number of rotatable bonds is 5. The third kappa shape index (κ3) is 4.02.